The van der Waals surface area contributed by atoms with Gasteiger partial charge in [0.2, 0.25) is 0 Å². The average Bonchev–Trinajstić information content (AvgIpc) is 2.68. The second kappa shape index (κ2) is 9.11. The number of carbonyl (C=O) groups excluding carboxylic acids is 2. The predicted molar refractivity (Wildman–Crippen MR) is 105 cm³/mol. The lowest BCUT2D eigenvalue weighted by Crippen LogP contribution is -2.37. The number of rotatable bonds is 7. The molecule has 4 heteroatoms. The predicted octanol–water partition coefficient (Wildman–Crippen LogP) is 4.44. The Bertz CT molecular complexity index is 734. The third kappa shape index (κ3) is 5.26. The normalized spacial score (nSPS) is 15.7. The highest BCUT2D eigenvalue weighted by molar-refractivity contribution is 6.30. The summed E-state index contributed by atoms with van der Waals surface area (Å²) in [5.74, 6) is -0.0231. The van der Waals surface area contributed by atoms with Crippen LogP contribution >= 0.6 is 11.6 Å². The number of piperidine rings is 1. The molecule has 26 heavy (non-hydrogen) atoms. The second-order valence-electron chi connectivity index (χ2n) is 6.92. The lowest BCUT2D eigenvalue weighted by atomic mass is 9.89. The van der Waals surface area contributed by atoms with Crippen molar-refractivity contribution in [3.8, 4) is 0 Å². The molecule has 0 aliphatic carbocycles. The first-order valence-electron chi connectivity index (χ1n) is 9.19. The zero-order valence-electron chi connectivity index (χ0n) is 14.9. The fourth-order valence-corrected chi connectivity index (χ4v) is 3.58. The van der Waals surface area contributed by atoms with Gasteiger partial charge in [0.25, 0.3) is 0 Å². The fraction of sp³-hybridized carbons (Fsp3) is 0.364. The smallest absolute Gasteiger partial charge is 0.170 e. The van der Waals surface area contributed by atoms with Gasteiger partial charge in [0.15, 0.2) is 5.78 Å². The molecule has 0 amide bonds. The summed E-state index contributed by atoms with van der Waals surface area (Å²) < 4.78 is 0. The van der Waals surface area contributed by atoms with Crippen LogP contribution in [0.2, 0.25) is 5.02 Å². The Morgan fingerprint density at radius 3 is 2.27 bits per heavy atom. The first kappa shape index (κ1) is 18.8. The van der Waals surface area contributed by atoms with Gasteiger partial charge >= 0.3 is 0 Å². The van der Waals surface area contributed by atoms with Gasteiger partial charge in [-0.1, -0.05) is 41.9 Å². The van der Waals surface area contributed by atoms with Gasteiger partial charge in [0, 0.05) is 23.0 Å². The van der Waals surface area contributed by atoms with Crippen LogP contribution < -0.4 is 0 Å². The van der Waals surface area contributed by atoms with E-state index in [2.05, 4.69) is 29.2 Å². The molecule has 2 aromatic rings. The van der Waals surface area contributed by atoms with E-state index >= 15 is 0 Å². The number of Topliss-reactive ketones (excluding diaryl/α,β-unsaturated/α-hetero) is 2. The minimum absolute atomic E-state index is 0.00366. The van der Waals surface area contributed by atoms with Crippen LogP contribution in [0.3, 0.4) is 0 Å². The number of hydrogen-bond acceptors (Lipinski definition) is 3. The topological polar surface area (TPSA) is 37.4 Å². The largest absolute Gasteiger partial charge is 0.303 e. The molecule has 136 valence electrons. The summed E-state index contributed by atoms with van der Waals surface area (Å²) in [5, 5.41) is 0.593. The van der Waals surface area contributed by atoms with Crippen molar-refractivity contribution in [2.45, 2.75) is 25.7 Å². The van der Waals surface area contributed by atoms with Crippen molar-refractivity contribution in [1.29, 1.82) is 0 Å². The minimum atomic E-state index is -0.113. The van der Waals surface area contributed by atoms with Gasteiger partial charge in [0.05, 0.1) is 6.42 Å². The Morgan fingerprint density at radius 2 is 1.62 bits per heavy atom. The van der Waals surface area contributed by atoms with E-state index in [4.69, 9.17) is 11.6 Å². The highest BCUT2D eigenvalue weighted by atomic mass is 35.5. The number of benzene rings is 2. The van der Waals surface area contributed by atoms with E-state index in [1.54, 1.807) is 24.3 Å². The summed E-state index contributed by atoms with van der Waals surface area (Å²) in [6.07, 6.45) is 2.73. The summed E-state index contributed by atoms with van der Waals surface area (Å²) in [4.78, 5) is 27.1. The Hall–Kier alpha value is -1.97. The Kier molecular flexibility index (Phi) is 6.59. The van der Waals surface area contributed by atoms with Crippen LogP contribution in [-0.4, -0.2) is 36.1 Å². The molecule has 3 nitrogen and oxygen atoms in total. The van der Waals surface area contributed by atoms with Crippen molar-refractivity contribution in [3.63, 3.8) is 0 Å². The molecule has 3 rings (SSSR count). The van der Waals surface area contributed by atoms with Crippen LogP contribution in [0.15, 0.2) is 54.6 Å². The molecule has 0 saturated carbocycles. The van der Waals surface area contributed by atoms with Crippen LogP contribution in [-0.2, 0) is 11.2 Å². The molecule has 0 radical (unpaired) electrons. The molecular formula is C22H24ClNO2. The summed E-state index contributed by atoms with van der Waals surface area (Å²) in [6, 6.07) is 17.2. The first-order valence-corrected chi connectivity index (χ1v) is 9.57. The average molecular weight is 370 g/mol. The number of halogens is 1. The summed E-state index contributed by atoms with van der Waals surface area (Å²) in [5.41, 5.74) is 1.90. The van der Waals surface area contributed by atoms with E-state index in [0.29, 0.717) is 10.6 Å². The molecule has 0 unspecified atom stereocenters. The highest BCUT2D eigenvalue weighted by Gasteiger charge is 2.26. The van der Waals surface area contributed by atoms with E-state index in [-0.39, 0.29) is 23.9 Å². The van der Waals surface area contributed by atoms with E-state index in [1.165, 1.54) is 5.56 Å². The molecule has 1 heterocycles. The van der Waals surface area contributed by atoms with Crippen LogP contribution in [0.5, 0.6) is 0 Å². The van der Waals surface area contributed by atoms with E-state index in [9.17, 15) is 9.59 Å². The van der Waals surface area contributed by atoms with Crippen molar-refractivity contribution < 1.29 is 9.59 Å². The Morgan fingerprint density at radius 1 is 0.962 bits per heavy atom. The van der Waals surface area contributed by atoms with Crippen LogP contribution in [0.1, 0.15) is 35.2 Å². The van der Waals surface area contributed by atoms with Gasteiger partial charge in [-0.05, 0) is 62.2 Å². The maximum atomic E-state index is 12.5. The fourth-order valence-electron chi connectivity index (χ4n) is 3.45. The Labute approximate surface area is 160 Å². The SMILES string of the molecule is O=C(CC(=O)C1CCN(CCc2ccccc2)CC1)c1ccc(Cl)cc1. The lowest BCUT2D eigenvalue weighted by molar-refractivity contribution is -0.123. The first-order chi connectivity index (χ1) is 12.6. The molecule has 2 aromatic carbocycles. The minimum Gasteiger partial charge on any atom is -0.303 e. The zero-order chi connectivity index (χ0) is 18.4. The van der Waals surface area contributed by atoms with E-state index < -0.39 is 0 Å². The molecule has 1 fully saturated rings. The zero-order valence-corrected chi connectivity index (χ0v) is 15.6. The van der Waals surface area contributed by atoms with Gasteiger partial charge in [-0.2, -0.15) is 0 Å². The third-order valence-corrected chi connectivity index (χ3v) is 5.36. The third-order valence-electron chi connectivity index (χ3n) is 5.10. The van der Waals surface area contributed by atoms with Crippen molar-refractivity contribution in [2.24, 2.45) is 5.92 Å². The monoisotopic (exact) mass is 369 g/mol. The number of likely N-dealkylation sites (tertiary alicyclic amines) is 1. The van der Waals surface area contributed by atoms with Crippen LogP contribution in [0.25, 0.3) is 0 Å². The quantitative estimate of drug-likeness (QED) is 0.535. The van der Waals surface area contributed by atoms with Crippen molar-refractivity contribution in [3.05, 3.63) is 70.7 Å². The summed E-state index contributed by atoms with van der Waals surface area (Å²) >= 11 is 5.84. The van der Waals surface area contributed by atoms with Crippen molar-refractivity contribution in [2.75, 3.05) is 19.6 Å². The van der Waals surface area contributed by atoms with Gasteiger partial charge in [-0.3, -0.25) is 9.59 Å². The maximum absolute atomic E-state index is 12.5. The lowest BCUT2D eigenvalue weighted by Gasteiger charge is -2.31. The molecular weight excluding hydrogens is 346 g/mol. The summed E-state index contributed by atoms with van der Waals surface area (Å²) in [6.45, 7) is 2.88. The molecule has 0 spiro atoms. The second-order valence-corrected chi connectivity index (χ2v) is 7.36. The van der Waals surface area contributed by atoms with E-state index in [1.807, 2.05) is 6.07 Å². The maximum Gasteiger partial charge on any atom is 0.170 e. The van der Waals surface area contributed by atoms with Crippen LogP contribution in [0.4, 0.5) is 0 Å². The van der Waals surface area contributed by atoms with Crippen molar-refractivity contribution in [1.82, 2.24) is 4.90 Å². The molecule has 1 aliphatic rings. The van der Waals surface area contributed by atoms with Gasteiger partial charge in [-0.15, -0.1) is 0 Å². The number of nitrogens with zero attached hydrogens (tertiary/aromatic N) is 1. The molecule has 0 bridgehead atoms. The molecule has 0 N–H and O–H groups in total. The number of carbonyl (C=O) groups is 2. The van der Waals surface area contributed by atoms with Gasteiger partial charge in [-0.25, -0.2) is 0 Å². The number of ketones is 2. The van der Waals surface area contributed by atoms with Gasteiger partial charge < -0.3 is 4.90 Å². The van der Waals surface area contributed by atoms with Gasteiger partial charge in [0.1, 0.15) is 5.78 Å². The number of hydrogen-bond donors (Lipinski definition) is 0. The molecule has 0 aromatic heterocycles. The summed E-state index contributed by atoms with van der Waals surface area (Å²) in [7, 11) is 0. The standard InChI is InChI=1S/C22H24ClNO2/c23-20-8-6-18(7-9-20)21(25)16-22(26)19-11-14-24(15-12-19)13-10-17-4-2-1-3-5-17/h1-9,19H,10-16H2. The molecule has 1 aliphatic heterocycles. The molecule has 0 atom stereocenters. The van der Waals surface area contributed by atoms with Crippen molar-refractivity contribution >= 4 is 23.2 Å². The highest BCUT2D eigenvalue weighted by Crippen LogP contribution is 2.21. The Balaban J connectivity index is 1.43. The van der Waals surface area contributed by atoms with Crippen LogP contribution in [0, 0.1) is 5.92 Å². The molecule has 1 saturated heterocycles. The van der Waals surface area contributed by atoms with E-state index in [0.717, 1.165) is 38.9 Å².